The Labute approximate surface area is 229 Å². The van der Waals surface area contributed by atoms with Gasteiger partial charge in [-0.3, -0.25) is 4.90 Å². The van der Waals surface area contributed by atoms with E-state index >= 15 is 0 Å². The Morgan fingerprint density at radius 2 is 1.50 bits per heavy atom. The monoisotopic (exact) mass is 509 g/mol. The number of nitriles is 1. The molecule has 4 nitrogen and oxygen atoms in total. The van der Waals surface area contributed by atoms with Crippen molar-refractivity contribution in [2.75, 3.05) is 24.5 Å². The van der Waals surface area contributed by atoms with E-state index in [1.165, 1.54) is 68.2 Å². The lowest BCUT2D eigenvalue weighted by Crippen LogP contribution is -2.45. The van der Waals surface area contributed by atoms with Crippen LogP contribution in [0.5, 0.6) is 5.75 Å². The molecule has 0 amide bonds. The fraction of sp³-hybridized carbons (Fsp3) is 0.441. The van der Waals surface area contributed by atoms with Gasteiger partial charge in [0.15, 0.2) is 0 Å². The zero-order valence-corrected chi connectivity index (χ0v) is 23.0. The standard InChI is InChI=1S/C34H43N3O/c1-2-3-4-5-6-10-23-37(32-17-19-34(20-18-32)38-28-31-11-8-7-9-12-31)33-21-24-36(25-22-33)27-30-15-13-29(26-35)14-16-30/h7-9,11-20,33H,2-6,10,21-25,27-28H2,1H3. The second kappa shape index (κ2) is 15.2. The molecule has 1 saturated heterocycles. The lowest BCUT2D eigenvalue weighted by atomic mass is 10.0. The third-order valence-electron chi connectivity index (χ3n) is 7.66. The second-order valence-corrected chi connectivity index (χ2v) is 10.5. The van der Waals surface area contributed by atoms with Gasteiger partial charge in [0.05, 0.1) is 11.6 Å². The Kier molecular flexibility index (Phi) is 11.1. The number of likely N-dealkylation sites (tertiary alicyclic amines) is 1. The van der Waals surface area contributed by atoms with Crippen molar-refractivity contribution in [2.24, 2.45) is 0 Å². The van der Waals surface area contributed by atoms with E-state index in [2.05, 4.69) is 83.5 Å². The Morgan fingerprint density at radius 3 is 2.18 bits per heavy atom. The van der Waals surface area contributed by atoms with Gasteiger partial charge in [-0.1, -0.05) is 81.5 Å². The third-order valence-corrected chi connectivity index (χ3v) is 7.66. The largest absolute Gasteiger partial charge is 0.489 e. The van der Waals surface area contributed by atoms with E-state index in [9.17, 15) is 0 Å². The number of rotatable bonds is 14. The lowest BCUT2D eigenvalue weighted by Gasteiger charge is -2.40. The molecule has 4 rings (SSSR count). The highest BCUT2D eigenvalue weighted by Crippen LogP contribution is 2.27. The molecule has 4 heteroatoms. The fourth-order valence-electron chi connectivity index (χ4n) is 5.39. The van der Waals surface area contributed by atoms with Gasteiger partial charge in [-0.2, -0.15) is 5.26 Å². The predicted octanol–water partition coefficient (Wildman–Crippen LogP) is 7.97. The van der Waals surface area contributed by atoms with Gasteiger partial charge in [0, 0.05) is 37.9 Å². The van der Waals surface area contributed by atoms with Crippen LogP contribution < -0.4 is 9.64 Å². The molecule has 0 saturated carbocycles. The number of hydrogen-bond acceptors (Lipinski definition) is 4. The van der Waals surface area contributed by atoms with Gasteiger partial charge in [0.1, 0.15) is 12.4 Å². The molecule has 0 radical (unpaired) electrons. The number of anilines is 1. The maximum atomic E-state index is 9.06. The van der Waals surface area contributed by atoms with E-state index < -0.39 is 0 Å². The first-order chi connectivity index (χ1) is 18.7. The fourth-order valence-corrected chi connectivity index (χ4v) is 5.39. The Morgan fingerprint density at radius 1 is 0.816 bits per heavy atom. The van der Waals surface area contributed by atoms with Crippen molar-refractivity contribution in [1.82, 2.24) is 4.90 Å². The average Bonchev–Trinajstić information content (AvgIpc) is 2.98. The SMILES string of the molecule is CCCCCCCCN(c1ccc(OCc2ccccc2)cc1)C1CCN(Cc2ccc(C#N)cc2)CC1. The summed E-state index contributed by atoms with van der Waals surface area (Å²) in [7, 11) is 0. The number of nitrogens with zero attached hydrogens (tertiary/aromatic N) is 3. The van der Waals surface area contributed by atoms with Gasteiger partial charge >= 0.3 is 0 Å². The lowest BCUT2D eigenvalue weighted by molar-refractivity contribution is 0.201. The molecule has 0 spiro atoms. The van der Waals surface area contributed by atoms with Crippen LogP contribution in [0.15, 0.2) is 78.9 Å². The van der Waals surface area contributed by atoms with Gasteiger partial charge in [0.25, 0.3) is 0 Å². The van der Waals surface area contributed by atoms with Crippen molar-refractivity contribution >= 4 is 5.69 Å². The summed E-state index contributed by atoms with van der Waals surface area (Å²) in [5, 5.41) is 9.06. The summed E-state index contributed by atoms with van der Waals surface area (Å²) in [6, 6.07) is 29.9. The van der Waals surface area contributed by atoms with E-state index in [1.807, 2.05) is 18.2 Å². The van der Waals surface area contributed by atoms with Crippen LogP contribution in [0.25, 0.3) is 0 Å². The number of ether oxygens (including phenoxy) is 1. The van der Waals surface area contributed by atoms with Crippen LogP contribution in [-0.2, 0) is 13.2 Å². The molecule has 0 aliphatic carbocycles. The van der Waals surface area contributed by atoms with E-state index in [0.29, 0.717) is 12.6 Å². The zero-order valence-electron chi connectivity index (χ0n) is 23.0. The van der Waals surface area contributed by atoms with E-state index in [0.717, 1.165) is 37.5 Å². The summed E-state index contributed by atoms with van der Waals surface area (Å²) in [6.07, 6.45) is 10.3. The Bertz CT molecular complexity index is 1100. The van der Waals surface area contributed by atoms with Crippen LogP contribution in [0.3, 0.4) is 0 Å². The van der Waals surface area contributed by atoms with Crippen molar-refractivity contribution in [3.05, 3.63) is 95.6 Å². The quantitative estimate of drug-likeness (QED) is 0.207. The molecule has 3 aromatic rings. The van der Waals surface area contributed by atoms with E-state index in [-0.39, 0.29) is 0 Å². The van der Waals surface area contributed by atoms with Crippen LogP contribution in [0.4, 0.5) is 5.69 Å². The van der Waals surface area contributed by atoms with Gasteiger partial charge in [-0.25, -0.2) is 0 Å². The average molecular weight is 510 g/mol. The Balaban J connectivity index is 1.34. The molecule has 1 aliphatic heterocycles. The molecule has 1 heterocycles. The minimum absolute atomic E-state index is 0.568. The number of benzene rings is 3. The molecule has 1 fully saturated rings. The molecule has 0 N–H and O–H groups in total. The van der Waals surface area contributed by atoms with Crippen molar-refractivity contribution in [3.63, 3.8) is 0 Å². The summed E-state index contributed by atoms with van der Waals surface area (Å²) >= 11 is 0. The molecule has 0 aromatic heterocycles. The van der Waals surface area contributed by atoms with Crippen molar-refractivity contribution < 1.29 is 4.74 Å². The van der Waals surface area contributed by atoms with Crippen molar-refractivity contribution in [2.45, 2.75) is 77.5 Å². The molecule has 200 valence electrons. The van der Waals surface area contributed by atoms with Crippen LogP contribution in [-0.4, -0.2) is 30.6 Å². The van der Waals surface area contributed by atoms with Crippen LogP contribution in [0, 0.1) is 11.3 Å². The minimum Gasteiger partial charge on any atom is -0.489 e. The van der Waals surface area contributed by atoms with Gasteiger partial charge in [0.2, 0.25) is 0 Å². The topological polar surface area (TPSA) is 39.5 Å². The molecule has 1 aliphatic rings. The third kappa shape index (κ3) is 8.64. The number of unbranched alkanes of at least 4 members (excludes halogenated alkanes) is 5. The molecule has 0 bridgehead atoms. The summed E-state index contributed by atoms with van der Waals surface area (Å²) in [4.78, 5) is 5.22. The zero-order chi connectivity index (χ0) is 26.4. The number of piperidine rings is 1. The van der Waals surface area contributed by atoms with Crippen LogP contribution in [0.1, 0.15) is 75.0 Å². The minimum atomic E-state index is 0.568. The highest BCUT2D eigenvalue weighted by molar-refractivity contribution is 5.50. The molecule has 3 aromatic carbocycles. The van der Waals surface area contributed by atoms with Crippen molar-refractivity contribution in [1.29, 1.82) is 5.26 Å². The summed E-state index contributed by atoms with van der Waals surface area (Å²) in [6.45, 7) is 7.17. The van der Waals surface area contributed by atoms with E-state index in [4.69, 9.17) is 10.00 Å². The summed E-state index contributed by atoms with van der Waals surface area (Å²) in [5.41, 5.74) is 4.52. The van der Waals surface area contributed by atoms with Gasteiger partial charge in [-0.05, 0) is 66.8 Å². The Hall–Kier alpha value is -3.29. The summed E-state index contributed by atoms with van der Waals surface area (Å²) in [5.74, 6) is 0.925. The predicted molar refractivity (Wildman–Crippen MR) is 157 cm³/mol. The molecular weight excluding hydrogens is 466 g/mol. The molecular formula is C34H43N3O. The smallest absolute Gasteiger partial charge is 0.119 e. The molecule has 38 heavy (non-hydrogen) atoms. The highest BCUT2D eigenvalue weighted by atomic mass is 16.5. The second-order valence-electron chi connectivity index (χ2n) is 10.5. The number of hydrogen-bond donors (Lipinski definition) is 0. The van der Waals surface area contributed by atoms with Gasteiger partial charge < -0.3 is 9.64 Å². The maximum absolute atomic E-state index is 9.06. The first-order valence-electron chi connectivity index (χ1n) is 14.5. The van der Waals surface area contributed by atoms with Crippen molar-refractivity contribution in [3.8, 4) is 11.8 Å². The first-order valence-corrected chi connectivity index (χ1v) is 14.5. The molecule has 0 unspecified atom stereocenters. The van der Waals surface area contributed by atoms with Crippen LogP contribution >= 0.6 is 0 Å². The first kappa shape index (κ1) is 27.7. The van der Waals surface area contributed by atoms with E-state index in [1.54, 1.807) is 0 Å². The molecule has 0 atom stereocenters. The normalized spacial score (nSPS) is 14.2. The summed E-state index contributed by atoms with van der Waals surface area (Å²) < 4.78 is 6.05. The maximum Gasteiger partial charge on any atom is 0.119 e. The van der Waals surface area contributed by atoms with Gasteiger partial charge in [-0.15, -0.1) is 0 Å². The highest BCUT2D eigenvalue weighted by Gasteiger charge is 2.25. The van der Waals surface area contributed by atoms with Crippen LogP contribution in [0.2, 0.25) is 0 Å².